The quantitative estimate of drug-likeness (QED) is 0.398. The highest BCUT2D eigenvalue weighted by molar-refractivity contribution is 5.90. The SMILES string of the molecule is CCN=C(C)C(C)(C)OOC(C)(C)C(C)=NCC. The molecule has 0 radical (unpaired) electrons. The first-order chi connectivity index (χ1) is 8.17. The van der Waals surface area contributed by atoms with Gasteiger partial charge >= 0.3 is 0 Å². The third-order valence-electron chi connectivity index (χ3n) is 2.99. The van der Waals surface area contributed by atoms with E-state index in [1.165, 1.54) is 0 Å². The van der Waals surface area contributed by atoms with Crippen LogP contribution in [0.5, 0.6) is 0 Å². The second kappa shape index (κ2) is 7.00. The lowest BCUT2D eigenvalue weighted by atomic mass is 10.0. The van der Waals surface area contributed by atoms with E-state index in [0.717, 1.165) is 24.5 Å². The Hall–Kier alpha value is -0.740. The lowest BCUT2D eigenvalue weighted by Gasteiger charge is -2.30. The van der Waals surface area contributed by atoms with Gasteiger partial charge in [0.1, 0.15) is 11.2 Å². The highest BCUT2D eigenvalue weighted by Gasteiger charge is 2.30. The Morgan fingerprint density at radius 3 is 1.28 bits per heavy atom. The third-order valence-corrected chi connectivity index (χ3v) is 2.99. The zero-order valence-electron chi connectivity index (χ0n) is 13.1. The van der Waals surface area contributed by atoms with Gasteiger partial charge < -0.3 is 0 Å². The molecular formula is C14H28N2O2. The van der Waals surface area contributed by atoms with E-state index in [9.17, 15) is 0 Å². The predicted octanol–water partition coefficient (Wildman–Crippen LogP) is 3.45. The van der Waals surface area contributed by atoms with Crippen molar-refractivity contribution in [3.8, 4) is 0 Å². The molecule has 4 heteroatoms. The lowest BCUT2D eigenvalue weighted by Crippen LogP contribution is -2.41. The second-order valence-electron chi connectivity index (χ2n) is 5.31. The fraction of sp³-hybridized carbons (Fsp3) is 0.857. The van der Waals surface area contributed by atoms with Crippen LogP contribution in [0, 0.1) is 0 Å². The van der Waals surface area contributed by atoms with Crippen LogP contribution in [0.15, 0.2) is 9.98 Å². The maximum atomic E-state index is 5.56. The number of hydrogen-bond donors (Lipinski definition) is 0. The predicted molar refractivity (Wildman–Crippen MR) is 77.6 cm³/mol. The van der Waals surface area contributed by atoms with Gasteiger partial charge in [-0.05, 0) is 55.4 Å². The van der Waals surface area contributed by atoms with Gasteiger partial charge in [-0.2, -0.15) is 0 Å². The summed E-state index contributed by atoms with van der Waals surface area (Å²) in [6.45, 7) is 17.2. The Balaban J connectivity index is 4.66. The van der Waals surface area contributed by atoms with Crippen molar-refractivity contribution in [1.29, 1.82) is 0 Å². The first-order valence-electron chi connectivity index (χ1n) is 6.57. The summed E-state index contributed by atoms with van der Waals surface area (Å²) in [5.74, 6) is 0. The van der Waals surface area contributed by atoms with Gasteiger partial charge in [0.2, 0.25) is 0 Å². The Morgan fingerprint density at radius 1 is 0.778 bits per heavy atom. The molecule has 0 aliphatic rings. The van der Waals surface area contributed by atoms with Crippen LogP contribution in [0.4, 0.5) is 0 Å². The Kier molecular flexibility index (Phi) is 6.71. The zero-order chi connectivity index (χ0) is 14.4. The Bertz CT molecular complexity index is 286. The molecule has 0 N–H and O–H groups in total. The van der Waals surface area contributed by atoms with E-state index in [4.69, 9.17) is 9.78 Å². The van der Waals surface area contributed by atoms with Gasteiger partial charge in [0.05, 0.1) is 0 Å². The summed E-state index contributed by atoms with van der Waals surface area (Å²) in [6, 6.07) is 0. The van der Waals surface area contributed by atoms with E-state index in [0.29, 0.717) is 0 Å². The second-order valence-corrected chi connectivity index (χ2v) is 5.31. The molecule has 0 heterocycles. The average molecular weight is 256 g/mol. The first kappa shape index (κ1) is 17.3. The minimum atomic E-state index is -0.528. The van der Waals surface area contributed by atoms with Crippen LogP contribution in [0.3, 0.4) is 0 Å². The minimum absolute atomic E-state index is 0.528. The maximum absolute atomic E-state index is 5.56. The third kappa shape index (κ3) is 5.27. The normalized spacial score (nSPS) is 15.1. The molecule has 0 atom stereocenters. The molecule has 0 fully saturated rings. The molecule has 0 rings (SSSR count). The Labute approximate surface area is 111 Å². The van der Waals surface area contributed by atoms with Crippen LogP contribution in [0.2, 0.25) is 0 Å². The van der Waals surface area contributed by atoms with Gasteiger partial charge in [-0.1, -0.05) is 0 Å². The smallest absolute Gasteiger partial charge is 0.135 e. The van der Waals surface area contributed by atoms with Crippen LogP contribution in [0.25, 0.3) is 0 Å². The van der Waals surface area contributed by atoms with Gasteiger partial charge in [-0.15, -0.1) is 0 Å². The number of aliphatic imine (C=N–C) groups is 2. The molecule has 0 saturated heterocycles. The van der Waals surface area contributed by atoms with Crippen molar-refractivity contribution in [2.24, 2.45) is 9.98 Å². The van der Waals surface area contributed by atoms with Gasteiger partial charge in [0, 0.05) is 24.5 Å². The van der Waals surface area contributed by atoms with Crippen LogP contribution >= 0.6 is 0 Å². The van der Waals surface area contributed by atoms with Crippen molar-refractivity contribution < 1.29 is 9.78 Å². The van der Waals surface area contributed by atoms with Crippen molar-refractivity contribution in [3.63, 3.8) is 0 Å². The molecule has 0 aromatic carbocycles. The standard InChI is InChI=1S/C14H28N2O2/c1-9-15-11(3)13(5,6)17-18-14(7,8)12(4)16-10-2/h9-10H2,1-8H3. The van der Waals surface area contributed by atoms with E-state index in [2.05, 4.69) is 9.98 Å². The summed E-state index contributed by atoms with van der Waals surface area (Å²) in [4.78, 5) is 19.8. The molecule has 0 spiro atoms. The van der Waals surface area contributed by atoms with Crippen LogP contribution in [-0.4, -0.2) is 35.7 Å². The highest BCUT2D eigenvalue weighted by Crippen LogP contribution is 2.19. The number of hydrogen-bond acceptors (Lipinski definition) is 4. The van der Waals surface area contributed by atoms with Gasteiger partial charge in [0.25, 0.3) is 0 Å². The molecule has 0 bridgehead atoms. The summed E-state index contributed by atoms with van der Waals surface area (Å²) in [5, 5.41) is 0. The molecule has 0 saturated carbocycles. The van der Waals surface area contributed by atoms with E-state index in [1.54, 1.807) is 0 Å². The summed E-state index contributed by atoms with van der Waals surface area (Å²) in [5.41, 5.74) is 0.788. The first-order valence-corrected chi connectivity index (χ1v) is 6.57. The monoisotopic (exact) mass is 256 g/mol. The molecule has 18 heavy (non-hydrogen) atoms. The fourth-order valence-electron chi connectivity index (χ4n) is 1.18. The molecule has 0 aromatic heterocycles. The fourth-order valence-corrected chi connectivity index (χ4v) is 1.18. The molecular weight excluding hydrogens is 228 g/mol. The minimum Gasteiger partial charge on any atom is -0.292 e. The molecule has 0 aromatic rings. The van der Waals surface area contributed by atoms with E-state index in [1.807, 2.05) is 55.4 Å². The van der Waals surface area contributed by atoms with Crippen molar-refractivity contribution >= 4 is 11.4 Å². The topological polar surface area (TPSA) is 43.2 Å². The zero-order valence-corrected chi connectivity index (χ0v) is 13.1. The largest absolute Gasteiger partial charge is 0.292 e. The molecule has 4 nitrogen and oxygen atoms in total. The van der Waals surface area contributed by atoms with Crippen molar-refractivity contribution in [1.82, 2.24) is 0 Å². The van der Waals surface area contributed by atoms with Gasteiger partial charge in [0.15, 0.2) is 0 Å². The van der Waals surface area contributed by atoms with Crippen LogP contribution in [-0.2, 0) is 9.78 Å². The molecule has 0 aliphatic heterocycles. The lowest BCUT2D eigenvalue weighted by molar-refractivity contribution is -0.369. The van der Waals surface area contributed by atoms with E-state index in [-0.39, 0.29) is 0 Å². The summed E-state index contributed by atoms with van der Waals surface area (Å²) in [7, 11) is 0. The van der Waals surface area contributed by atoms with Crippen molar-refractivity contribution in [2.45, 2.75) is 66.6 Å². The average Bonchev–Trinajstić information content (AvgIpc) is 2.27. The summed E-state index contributed by atoms with van der Waals surface area (Å²) in [6.07, 6.45) is 0. The van der Waals surface area contributed by atoms with Crippen molar-refractivity contribution in [2.75, 3.05) is 13.1 Å². The maximum Gasteiger partial charge on any atom is 0.135 e. The van der Waals surface area contributed by atoms with Crippen molar-refractivity contribution in [3.05, 3.63) is 0 Å². The van der Waals surface area contributed by atoms with Crippen LogP contribution < -0.4 is 0 Å². The molecule has 106 valence electrons. The van der Waals surface area contributed by atoms with E-state index >= 15 is 0 Å². The van der Waals surface area contributed by atoms with Gasteiger partial charge in [-0.3, -0.25) is 9.98 Å². The molecule has 0 amide bonds. The van der Waals surface area contributed by atoms with Gasteiger partial charge in [-0.25, -0.2) is 9.78 Å². The van der Waals surface area contributed by atoms with Crippen LogP contribution in [0.1, 0.15) is 55.4 Å². The summed E-state index contributed by atoms with van der Waals surface area (Å²) < 4.78 is 0. The molecule has 0 unspecified atom stereocenters. The summed E-state index contributed by atoms with van der Waals surface area (Å²) >= 11 is 0. The Morgan fingerprint density at radius 2 is 1.06 bits per heavy atom. The number of nitrogens with zero attached hydrogens (tertiary/aromatic N) is 2. The highest BCUT2D eigenvalue weighted by atomic mass is 17.2. The number of rotatable bonds is 7. The van der Waals surface area contributed by atoms with E-state index < -0.39 is 11.2 Å². The molecule has 0 aliphatic carbocycles.